The van der Waals surface area contributed by atoms with Crippen LogP contribution in [0.3, 0.4) is 0 Å². The van der Waals surface area contributed by atoms with Crippen LogP contribution in [0.4, 0.5) is 24.5 Å². The molecule has 132 valence electrons. The van der Waals surface area contributed by atoms with Gasteiger partial charge in [-0.05, 0) is 48.5 Å². The highest BCUT2D eigenvalue weighted by Gasteiger charge is 2.36. The van der Waals surface area contributed by atoms with Gasteiger partial charge in [-0.2, -0.15) is 13.2 Å². The smallest absolute Gasteiger partial charge is 0.417 e. The summed E-state index contributed by atoms with van der Waals surface area (Å²) < 4.78 is 40.0. The van der Waals surface area contributed by atoms with Gasteiger partial charge in [-0.1, -0.05) is 30.3 Å². The number of aromatic hydroxyl groups is 1. The summed E-state index contributed by atoms with van der Waals surface area (Å²) in [7, 11) is 0. The molecule has 3 aromatic rings. The number of amides is 1. The predicted octanol–water partition coefficient (Wildman–Crippen LogP) is 5.39. The van der Waals surface area contributed by atoms with E-state index < -0.39 is 23.2 Å². The second-order valence-corrected chi connectivity index (χ2v) is 5.54. The van der Waals surface area contributed by atoms with Crippen LogP contribution >= 0.6 is 0 Å². The molecule has 0 aliphatic rings. The molecule has 0 radical (unpaired) electrons. The molecule has 0 aromatic heterocycles. The van der Waals surface area contributed by atoms with Gasteiger partial charge >= 0.3 is 6.18 Å². The summed E-state index contributed by atoms with van der Waals surface area (Å²) in [6, 6.07) is 18.7. The Bertz CT molecular complexity index is 906. The molecular weight excluding hydrogens is 343 g/mol. The molecule has 6 heteroatoms. The molecule has 0 aliphatic heterocycles. The van der Waals surface area contributed by atoms with Crippen molar-refractivity contribution in [1.29, 1.82) is 0 Å². The van der Waals surface area contributed by atoms with Gasteiger partial charge in [-0.15, -0.1) is 0 Å². The van der Waals surface area contributed by atoms with Crippen LogP contribution in [0.2, 0.25) is 0 Å². The van der Waals surface area contributed by atoms with E-state index in [1.165, 1.54) is 41.3 Å². The van der Waals surface area contributed by atoms with E-state index in [1.807, 2.05) is 0 Å². The molecule has 0 spiro atoms. The van der Waals surface area contributed by atoms with E-state index in [0.29, 0.717) is 11.4 Å². The maximum atomic E-state index is 13.3. The van der Waals surface area contributed by atoms with E-state index in [0.717, 1.165) is 12.1 Å². The third-order valence-electron chi connectivity index (χ3n) is 3.79. The standard InChI is InChI=1S/C20H14F3NO2/c21-20(22,23)18-9-5-4-8-17(18)19(26)24(14-6-2-1-3-7-14)15-10-12-16(25)13-11-15/h1-13,25H. The van der Waals surface area contributed by atoms with Gasteiger partial charge in [0.25, 0.3) is 5.91 Å². The van der Waals surface area contributed by atoms with Crippen LogP contribution in [0.1, 0.15) is 15.9 Å². The number of para-hydroxylation sites is 1. The lowest BCUT2D eigenvalue weighted by atomic mass is 10.0. The summed E-state index contributed by atoms with van der Waals surface area (Å²) in [6.07, 6.45) is -4.65. The number of hydrogen-bond acceptors (Lipinski definition) is 2. The van der Waals surface area contributed by atoms with Crippen LogP contribution in [-0.2, 0) is 6.18 Å². The van der Waals surface area contributed by atoms with E-state index >= 15 is 0 Å². The molecule has 26 heavy (non-hydrogen) atoms. The predicted molar refractivity (Wildman–Crippen MR) is 92.5 cm³/mol. The van der Waals surface area contributed by atoms with Crippen molar-refractivity contribution < 1.29 is 23.1 Å². The van der Waals surface area contributed by atoms with Gasteiger partial charge in [0.1, 0.15) is 5.75 Å². The minimum Gasteiger partial charge on any atom is -0.508 e. The second kappa shape index (κ2) is 6.92. The number of anilines is 2. The zero-order valence-corrected chi connectivity index (χ0v) is 13.4. The van der Waals surface area contributed by atoms with Crippen molar-refractivity contribution in [2.75, 3.05) is 4.90 Å². The molecule has 0 heterocycles. The highest BCUT2D eigenvalue weighted by Crippen LogP contribution is 2.35. The summed E-state index contributed by atoms with van der Waals surface area (Å²) in [5.41, 5.74) is -0.683. The largest absolute Gasteiger partial charge is 0.508 e. The Morgan fingerprint density at radius 3 is 1.92 bits per heavy atom. The van der Waals surface area contributed by atoms with Gasteiger partial charge in [0.2, 0.25) is 0 Å². The lowest BCUT2D eigenvalue weighted by Crippen LogP contribution is -2.28. The Balaban J connectivity index is 2.15. The van der Waals surface area contributed by atoms with Crippen LogP contribution in [0.15, 0.2) is 78.9 Å². The number of nitrogens with zero attached hydrogens (tertiary/aromatic N) is 1. The lowest BCUT2D eigenvalue weighted by molar-refractivity contribution is -0.137. The zero-order chi connectivity index (χ0) is 18.7. The number of benzene rings is 3. The van der Waals surface area contributed by atoms with Crippen molar-refractivity contribution >= 4 is 17.3 Å². The molecule has 0 fully saturated rings. The first-order valence-corrected chi connectivity index (χ1v) is 7.72. The van der Waals surface area contributed by atoms with Gasteiger partial charge in [0.05, 0.1) is 11.1 Å². The summed E-state index contributed by atoms with van der Waals surface area (Å²) in [4.78, 5) is 14.2. The van der Waals surface area contributed by atoms with E-state index in [-0.39, 0.29) is 5.75 Å². The van der Waals surface area contributed by atoms with Gasteiger partial charge in [-0.25, -0.2) is 0 Å². The van der Waals surface area contributed by atoms with Crippen LogP contribution in [0.5, 0.6) is 5.75 Å². The summed E-state index contributed by atoms with van der Waals surface area (Å²) >= 11 is 0. The fourth-order valence-electron chi connectivity index (χ4n) is 2.60. The van der Waals surface area contributed by atoms with E-state index in [4.69, 9.17) is 0 Å². The van der Waals surface area contributed by atoms with Gasteiger partial charge < -0.3 is 5.11 Å². The summed E-state index contributed by atoms with van der Waals surface area (Å²) in [6.45, 7) is 0. The summed E-state index contributed by atoms with van der Waals surface area (Å²) in [5.74, 6) is -0.820. The molecule has 0 saturated heterocycles. The summed E-state index contributed by atoms with van der Waals surface area (Å²) in [5, 5.41) is 9.46. The molecule has 3 nitrogen and oxygen atoms in total. The van der Waals surface area contributed by atoms with Crippen molar-refractivity contribution in [3.8, 4) is 5.75 Å². The Hall–Kier alpha value is -3.28. The zero-order valence-electron chi connectivity index (χ0n) is 13.4. The number of carbonyl (C=O) groups excluding carboxylic acids is 1. The molecule has 1 N–H and O–H groups in total. The number of phenolic OH excluding ortho intramolecular Hbond substituents is 1. The van der Waals surface area contributed by atoms with Crippen molar-refractivity contribution in [1.82, 2.24) is 0 Å². The van der Waals surface area contributed by atoms with Crippen LogP contribution in [-0.4, -0.2) is 11.0 Å². The molecule has 3 aromatic carbocycles. The maximum Gasteiger partial charge on any atom is 0.417 e. The topological polar surface area (TPSA) is 40.5 Å². The fourth-order valence-corrected chi connectivity index (χ4v) is 2.60. The van der Waals surface area contributed by atoms with E-state index in [1.54, 1.807) is 30.3 Å². The molecule has 0 atom stereocenters. The monoisotopic (exact) mass is 357 g/mol. The number of halogens is 3. The SMILES string of the molecule is O=C(c1ccccc1C(F)(F)F)N(c1ccccc1)c1ccc(O)cc1. The normalized spacial score (nSPS) is 11.2. The van der Waals surface area contributed by atoms with Crippen molar-refractivity contribution in [2.45, 2.75) is 6.18 Å². The lowest BCUT2D eigenvalue weighted by Gasteiger charge is -2.24. The van der Waals surface area contributed by atoms with Crippen LogP contribution in [0, 0.1) is 0 Å². The quantitative estimate of drug-likeness (QED) is 0.683. The Morgan fingerprint density at radius 2 is 1.31 bits per heavy atom. The molecule has 0 unspecified atom stereocenters. The average Bonchev–Trinajstić information content (AvgIpc) is 2.64. The van der Waals surface area contributed by atoms with Crippen molar-refractivity contribution in [2.24, 2.45) is 0 Å². The Labute approximate surface area is 147 Å². The van der Waals surface area contributed by atoms with Crippen LogP contribution in [0.25, 0.3) is 0 Å². The first-order chi connectivity index (χ1) is 12.4. The molecule has 1 amide bonds. The number of rotatable bonds is 3. The highest BCUT2D eigenvalue weighted by molar-refractivity contribution is 6.11. The second-order valence-electron chi connectivity index (χ2n) is 5.54. The third kappa shape index (κ3) is 3.54. The fraction of sp³-hybridized carbons (Fsp3) is 0.0500. The van der Waals surface area contributed by atoms with Gasteiger partial charge in [0, 0.05) is 11.4 Å². The molecule has 0 aliphatic carbocycles. The highest BCUT2D eigenvalue weighted by atomic mass is 19.4. The number of phenols is 1. The molecule has 0 saturated carbocycles. The maximum absolute atomic E-state index is 13.3. The molecular formula is C20H14F3NO2. The Kier molecular flexibility index (Phi) is 4.67. The van der Waals surface area contributed by atoms with E-state index in [9.17, 15) is 23.1 Å². The van der Waals surface area contributed by atoms with E-state index in [2.05, 4.69) is 0 Å². The number of hydrogen-bond donors (Lipinski definition) is 1. The minimum absolute atomic E-state index is 0.00935. The molecule has 0 bridgehead atoms. The third-order valence-corrected chi connectivity index (χ3v) is 3.79. The van der Waals surface area contributed by atoms with Crippen molar-refractivity contribution in [3.63, 3.8) is 0 Å². The average molecular weight is 357 g/mol. The Morgan fingerprint density at radius 1 is 0.769 bits per heavy atom. The first-order valence-electron chi connectivity index (χ1n) is 7.72. The van der Waals surface area contributed by atoms with Crippen molar-refractivity contribution in [3.05, 3.63) is 90.0 Å². The van der Waals surface area contributed by atoms with Gasteiger partial charge in [-0.3, -0.25) is 9.69 Å². The van der Waals surface area contributed by atoms with Crippen LogP contribution < -0.4 is 4.90 Å². The first kappa shape index (κ1) is 17.5. The number of carbonyl (C=O) groups is 1. The minimum atomic E-state index is -4.65. The van der Waals surface area contributed by atoms with Gasteiger partial charge in [0.15, 0.2) is 0 Å². The number of alkyl halides is 3. The molecule has 3 rings (SSSR count).